The van der Waals surface area contributed by atoms with Crippen LogP contribution in [0, 0.1) is 0 Å². The van der Waals surface area contributed by atoms with Crippen molar-refractivity contribution in [3.05, 3.63) is 40.2 Å². The number of rotatable bonds is 0. The molecule has 0 spiro atoms. The monoisotopic (exact) mass is 614 g/mol. The Morgan fingerprint density at radius 1 is 0.320 bits per heavy atom. The Hall–Kier alpha value is 2.65. The van der Waals surface area contributed by atoms with Gasteiger partial charge in [-0.3, -0.25) is 0 Å². The Labute approximate surface area is 217 Å². The van der Waals surface area contributed by atoms with E-state index >= 15 is 0 Å². The first-order chi connectivity index (χ1) is 10.9. The smallest absolute Gasteiger partial charge is 0.0805 e. The molecule has 142 valence electrons. The molecular weight excluding hydrogens is 615 g/mol. The Morgan fingerprint density at radius 3 is 0.560 bits per heavy atom. The molecule has 0 saturated carbocycles. The van der Waals surface area contributed by atoms with Gasteiger partial charge in [0.2, 0.25) is 0 Å². The Morgan fingerprint density at radius 2 is 0.440 bits per heavy atom. The van der Waals surface area contributed by atoms with Crippen LogP contribution in [-0.2, 0) is 16.5 Å². The average molecular weight is 619 g/mol. The first kappa shape index (κ1) is 27.7. The number of benzene rings is 2. The second-order valence-corrected chi connectivity index (χ2v) is 8.72. The van der Waals surface area contributed by atoms with E-state index in [1.165, 1.54) is 0 Å². The third-order valence-corrected chi connectivity index (χ3v) is 8.71. The van der Waals surface area contributed by atoms with E-state index < -0.39 is 0 Å². The van der Waals surface area contributed by atoms with E-state index in [0.717, 1.165) is 0 Å². The molecule has 0 saturated heterocycles. The minimum atomic E-state index is 0. The van der Waals surface area contributed by atoms with Crippen molar-refractivity contribution in [3.8, 4) is 0 Å². The van der Waals surface area contributed by atoms with Gasteiger partial charge in [0.05, 0.1) is 40.2 Å². The van der Waals surface area contributed by atoms with Crippen LogP contribution in [0.5, 0.6) is 0 Å². The van der Waals surface area contributed by atoms with Gasteiger partial charge < -0.3 is 0 Å². The van der Waals surface area contributed by atoms with Crippen molar-refractivity contribution in [2.75, 3.05) is 0 Å². The molecule has 0 fully saturated rings. The molecule has 2 aromatic carbocycles. The zero-order valence-corrected chi connectivity index (χ0v) is 21.7. The third-order valence-electron chi connectivity index (χ3n) is 2.44. The van der Waals surface area contributed by atoms with Crippen molar-refractivity contribution in [3.63, 3.8) is 0 Å². The van der Waals surface area contributed by atoms with E-state index in [4.69, 9.17) is 92.8 Å². The van der Waals surface area contributed by atoms with Crippen LogP contribution >= 0.6 is 143 Å². The maximum Gasteiger partial charge on any atom is 0.0805 e. The number of halogens is 8. The van der Waals surface area contributed by atoms with Gasteiger partial charge in [-0.1, -0.05) is 92.8 Å². The van der Waals surface area contributed by atoms with Crippen molar-refractivity contribution in [2.24, 2.45) is 0 Å². The van der Waals surface area contributed by atoms with Gasteiger partial charge >= 0.3 is 0 Å². The summed E-state index contributed by atoms with van der Waals surface area (Å²) in [5.74, 6) is 0. The van der Waals surface area contributed by atoms with Gasteiger partial charge in [-0.15, -0.1) is 50.5 Å². The van der Waals surface area contributed by atoms with Gasteiger partial charge in [-0.2, -0.15) is 0 Å². The molecule has 0 aliphatic heterocycles. The second-order valence-electron chi connectivity index (χ2n) is 3.91. The van der Waals surface area contributed by atoms with Crippen LogP contribution in [0.2, 0.25) is 40.2 Å². The van der Waals surface area contributed by atoms with Crippen LogP contribution in [0.25, 0.3) is 0 Å². The fourth-order valence-electron chi connectivity index (χ4n) is 1.22. The quantitative estimate of drug-likeness (QED) is 0.0961. The minimum absolute atomic E-state index is 0. The Kier molecular flexibility index (Phi) is 13.0. The third kappa shape index (κ3) is 6.31. The summed E-state index contributed by atoms with van der Waals surface area (Å²) >= 11 is 62.2. The van der Waals surface area contributed by atoms with Crippen molar-refractivity contribution in [1.82, 2.24) is 0 Å². The summed E-state index contributed by atoms with van der Waals surface area (Å²) in [5.41, 5.74) is 0. The summed E-state index contributed by atoms with van der Waals surface area (Å²) in [7, 11) is 0. The van der Waals surface area contributed by atoms with Gasteiger partial charge in [0.15, 0.2) is 0 Å². The predicted molar refractivity (Wildman–Crippen MR) is 122 cm³/mol. The predicted octanol–water partition coefficient (Wildman–Crippen LogP) is 9.75. The molecule has 13 heteroatoms. The zero-order chi connectivity index (χ0) is 18.9. The van der Waals surface area contributed by atoms with Gasteiger partial charge in [0, 0.05) is 36.1 Å². The zero-order valence-electron chi connectivity index (χ0n) is 11.1. The molecule has 0 aliphatic rings. The van der Waals surface area contributed by atoms with Crippen LogP contribution in [0.3, 0.4) is 0 Å². The number of hydrogen-bond donors (Lipinski definition) is 4. The molecule has 0 bridgehead atoms. The van der Waals surface area contributed by atoms with Crippen molar-refractivity contribution >= 4 is 143 Å². The molecule has 0 N–H and O–H groups in total. The molecule has 0 heterocycles. The molecule has 0 unspecified atom stereocenters. The maximum atomic E-state index is 5.76. The molecular formula is C12H4Cl8NiS4. The van der Waals surface area contributed by atoms with Crippen molar-refractivity contribution < 1.29 is 16.5 Å². The summed E-state index contributed by atoms with van der Waals surface area (Å²) in [6.07, 6.45) is 0. The van der Waals surface area contributed by atoms with E-state index in [1.807, 2.05) is 0 Å². The molecule has 0 radical (unpaired) electrons. The number of thiol groups is 4. The molecule has 0 aromatic heterocycles. The van der Waals surface area contributed by atoms with Gasteiger partial charge in [0.1, 0.15) is 0 Å². The van der Waals surface area contributed by atoms with E-state index in [9.17, 15) is 0 Å². The van der Waals surface area contributed by atoms with Crippen LogP contribution in [0.4, 0.5) is 0 Å². The van der Waals surface area contributed by atoms with Gasteiger partial charge in [0.25, 0.3) is 0 Å². The van der Waals surface area contributed by atoms with Crippen molar-refractivity contribution in [2.45, 2.75) is 19.6 Å². The minimum Gasteiger partial charge on any atom is -0.141 e. The van der Waals surface area contributed by atoms with E-state index in [2.05, 4.69) is 50.5 Å². The summed E-state index contributed by atoms with van der Waals surface area (Å²) in [6.45, 7) is 0. The summed E-state index contributed by atoms with van der Waals surface area (Å²) in [6, 6.07) is 0. The molecule has 0 amide bonds. The van der Waals surface area contributed by atoms with Crippen LogP contribution in [0.15, 0.2) is 19.6 Å². The molecule has 0 nitrogen and oxygen atoms in total. The SMILES string of the molecule is Sc1c(S)c(Cl)c(Cl)c(Cl)c1Cl.Sc1c(S)c(Cl)c(Cl)c(Cl)c1Cl.[Ni]. The standard InChI is InChI=1S/2C6H2Cl4S2.Ni/c2*7-1-2(8)4(10)6(12)5(11)3(1)9;/h2*11-12H;. The largest absolute Gasteiger partial charge is 0.141 e. The summed E-state index contributed by atoms with van der Waals surface area (Å²) < 4.78 is 0. The summed E-state index contributed by atoms with van der Waals surface area (Å²) in [5, 5.41) is 1.85. The van der Waals surface area contributed by atoms with E-state index in [-0.39, 0.29) is 56.7 Å². The fourth-order valence-corrected chi connectivity index (χ4v) is 4.34. The molecule has 2 aromatic rings. The van der Waals surface area contributed by atoms with Gasteiger partial charge in [-0.05, 0) is 0 Å². The molecule has 0 aliphatic carbocycles. The van der Waals surface area contributed by atoms with Gasteiger partial charge in [-0.25, -0.2) is 0 Å². The van der Waals surface area contributed by atoms with Crippen LogP contribution in [0.1, 0.15) is 0 Å². The van der Waals surface area contributed by atoms with E-state index in [0.29, 0.717) is 19.6 Å². The normalized spacial score (nSPS) is 10.1. The maximum absolute atomic E-state index is 5.76. The number of hydrogen-bond acceptors (Lipinski definition) is 4. The first-order valence-corrected chi connectivity index (χ1v) is 10.2. The first-order valence-electron chi connectivity index (χ1n) is 5.41. The van der Waals surface area contributed by atoms with Crippen molar-refractivity contribution in [1.29, 1.82) is 0 Å². The average Bonchev–Trinajstić information content (AvgIpc) is 2.58. The fraction of sp³-hybridized carbons (Fsp3) is 0. The molecule has 0 atom stereocenters. The molecule has 2 rings (SSSR count). The topological polar surface area (TPSA) is 0 Å². The summed E-state index contributed by atoms with van der Waals surface area (Å²) in [4.78, 5) is 1.72. The second kappa shape index (κ2) is 11.7. The molecule has 25 heavy (non-hydrogen) atoms. The van der Waals surface area contributed by atoms with Crippen LogP contribution < -0.4 is 0 Å². The van der Waals surface area contributed by atoms with E-state index in [1.54, 1.807) is 0 Å². The Balaban J connectivity index is 0.000000443. The van der Waals surface area contributed by atoms with Crippen LogP contribution in [-0.4, -0.2) is 0 Å². The Bertz CT molecular complexity index is 537.